The third-order valence-electron chi connectivity index (χ3n) is 3.31. The van der Waals surface area contributed by atoms with Crippen molar-refractivity contribution in [2.24, 2.45) is 0 Å². The van der Waals surface area contributed by atoms with E-state index < -0.39 is 0 Å². The van der Waals surface area contributed by atoms with Crippen molar-refractivity contribution in [3.05, 3.63) is 67.4 Å². The third-order valence-corrected chi connectivity index (χ3v) is 5.54. The first kappa shape index (κ1) is 14.9. The Bertz CT molecular complexity index is 702. The monoisotopic (exact) mass is 337 g/mol. The highest BCUT2D eigenvalue weighted by atomic mass is 35.5. The van der Waals surface area contributed by atoms with Crippen molar-refractivity contribution in [1.29, 1.82) is 0 Å². The van der Waals surface area contributed by atoms with Gasteiger partial charge in [-0.15, -0.1) is 22.7 Å². The van der Waals surface area contributed by atoms with Crippen LogP contribution in [0, 0.1) is 6.92 Å². The maximum absolute atomic E-state index is 6.10. The number of thiophene rings is 2. The molecule has 3 heterocycles. The largest absolute Gasteiger partial charge is 0.465 e. The molecule has 110 valence electrons. The summed E-state index contributed by atoms with van der Waals surface area (Å²) < 4.78 is 6.54. The smallest absolute Gasteiger partial charge is 0.120 e. The number of hydrogen-bond acceptors (Lipinski definition) is 4. The number of halogens is 1. The first-order valence-corrected chi connectivity index (χ1v) is 8.82. The molecule has 0 saturated carbocycles. The molecule has 2 atom stereocenters. The quantitative estimate of drug-likeness (QED) is 0.636. The van der Waals surface area contributed by atoms with Crippen LogP contribution in [0.5, 0.6) is 0 Å². The Kier molecular flexibility index (Phi) is 4.50. The van der Waals surface area contributed by atoms with Gasteiger partial charge in [0.25, 0.3) is 0 Å². The molecule has 3 aromatic rings. The van der Waals surface area contributed by atoms with Gasteiger partial charge in [0.2, 0.25) is 0 Å². The second-order valence-corrected chi connectivity index (χ2v) is 7.65. The maximum atomic E-state index is 6.10. The van der Waals surface area contributed by atoms with E-state index in [-0.39, 0.29) is 12.1 Å². The van der Waals surface area contributed by atoms with Crippen LogP contribution in [-0.2, 0) is 0 Å². The van der Waals surface area contributed by atoms with Crippen LogP contribution in [-0.4, -0.2) is 0 Å². The average Bonchev–Trinajstić information content (AvgIpc) is 3.17. The molecule has 0 saturated heterocycles. The summed E-state index contributed by atoms with van der Waals surface area (Å²) >= 11 is 9.46. The average molecular weight is 338 g/mol. The van der Waals surface area contributed by atoms with Crippen molar-refractivity contribution in [2.75, 3.05) is 0 Å². The highest BCUT2D eigenvalue weighted by Crippen LogP contribution is 2.34. The molecule has 0 fully saturated rings. The minimum absolute atomic E-state index is 0.131. The second-order valence-electron chi connectivity index (χ2n) is 4.93. The van der Waals surface area contributed by atoms with E-state index in [1.165, 1.54) is 9.75 Å². The van der Waals surface area contributed by atoms with Crippen molar-refractivity contribution >= 4 is 34.3 Å². The molecule has 2 nitrogen and oxygen atoms in total. The molecule has 3 rings (SSSR count). The zero-order chi connectivity index (χ0) is 14.8. The van der Waals surface area contributed by atoms with Gasteiger partial charge in [-0.05, 0) is 49.6 Å². The fourth-order valence-corrected chi connectivity index (χ4v) is 4.28. The number of rotatable bonds is 5. The normalized spacial score (nSPS) is 14.2. The minimum atomic E-state index is 0.131. The summed E-state index contributed by atoms with van der Waals surface area (Å²) in [5.74, 6) is 1.89. The predicted octanol–water partition coefficient (Wildman–Crippen LogP) is 5.80. The summed E-state index contributed by atoms with van der Waals surface area (Å²) in [6, 6.07) is 12.6. The van der Waals surface area contributed by atoms with Gasteiger partial charge in [-0.2, -0.15) is 0 Å². The summed E-state index contributed by atoms with van der Waals surface area (Å²) in [4.78, 5) is 2.50. The third kappa shape index (κ3) is 3.40. The van der Waals surface area contributed by atoms with Gasteiger partial charge >= 0.3 is 0 Å². The number of hydrogen-bond donors (Lipinski definition) is 1. The molecule has 0 aromatic carbocycles. The van der Waals surface area contributed by atoms with Gasteiger partial charge in [-0.1, -0.05) is 17.7 Å². The van der Waals surface area contributed by atoms with E-state index in [1.54, 1.807) is 22.7 Å². The Hall–Kier alpha value is -1.07. The Balaban J connectivity index is 1.86. The summed E-state index contributed by atoms with van der Waals surface area (Å²) in [5, 5.41) is 5.75. The van der Waals surface area contributed by atoms with Gasteiger partial charge in [-0.25, -0.2) is 0 Å². The molecule has 2 unspecified atom stereocenters. The zero-order valence-corrected chi connectivity index (χ0v) is 14.2. The fourth-order valence-electron chi connectivity index (χ4n) is 2.26. The molecule has 3 aromatic heterocycles. The molecule has 0 amide bonds. The standard InChI is InChI=1S/C16H16ClNOS2/c1-10-5-6-12(19-10)11(2)18-16(13-4-3-9-20-13)14-7-8-15(17)21-14/h3-9,11,16,18H,1-2H3. The zero-order valence-electron chi connectivity index (χ0n) is 11.8. The fraction of sp³-hybridized carbons (Fsp3) is 0.250. The molecule has 0 radical (unpaired) electrons. The van der Waals surface area contributed by atoms with E-state index in [2.05, 4.69) is 35.8 Å². The van der Waals surface area contributed by atoms with Gasteiger partial charge in [0.05, 0.1) is 16.4 Å². The van der Waals surface area contributed by atoms with Crippen LogP contribution < -0.4 is 5.32 Å². The number of furan rings is 1. The second kappa shape index (κ2) is 6.36. The van der Waals surface area contributed by atoms with E-state index in [0.717, 1.165) is 15.9 Å². The first-order valence-electron chi connectivity index (χ1n) is 6.74. The summed E-state index contributed by atoms with van der Waals surface area (Å²) in [6.45, 7) is 4.08. The molecule has 0 aliphatic carbocycles. The lowest BCUT2D eigenvalue weighted by molar-refractivity contribution is 0.403. The van der Waals surface area contributed by atoms with E-state index in [4.69, 9.17) is 16.0 Å². The lowest BCUT2D eigenvalue weighted by atomic mass is 10.1. The highest BCUT2D eigenvalue weighted by molar-refractivity contribution is 7.16. The van der Waals surface area contributed by atoms with E-state index in [9.17, 15) is 0 Å². The van der Waals surface area contributed by atoms with Crippen molar-refractivity contribution in [1.82, 2.24) is 5.32 Å². The molecule has 0 spiro atoms. The van der Waals surface area contributed by atoms with Crippen LogP contribution >= 0.6 is 34.3 Å². The Morgan fingerprint density at radius 2 is 2.00 bits per heavy atom. The van der Waals surface area contributed by atoms with Gasteiger partial charge in [0.15, 0.2) is 0 Å². The molecule has 0 aliphatic heterocycles. The summed E-state index contributed by atoms with van der Waals surface area (Å²) in [6.07, 6.45) is 0. The Labute approximate surface area is 137 Å². The van der Waals surface area contributed by atoms with Crippen molar-refractivity contribution in [3.63, 3.8) is 0 Å². The minimum Gasteiger partial charge on any atom is -0.465 e. The SMILES string of the molecule is Cc1ccc(C(C)NC(c2cccs2)c2ccc(Cl)s2)o1. The molecule has 1 N–H and O–H groups in total. The molecule has 0 bridgehead atoms. The van der Waals surface area contributed by atoms with E-state index in [0.29, 0.717) is 0 Å². The molecular formula is C16H16ClNOS2. The Morgan fingerprint density at radius 3 is 2.57 bits per heavy atom. The van der Waals surface area contributed by atoms with Crippen molar-refractivity contribution in [3.8, 4) is 0 Å². The Morgan fingerprint density at radius 1 is 1.14 bits per heavy atom. The molecular weight excluding hydrogens is 322 g/mol. The lowest BCUT2D eigenvalue weighted by Gasteiger charge is -2.20. The maximum Gasteiger partial charge on any atom is 0.120 e. The van der Waals surface area contributed by atoms with Crippen LogP contribution in [0.25, 0.3) is 0 Å². The van der Waals surface area contributed by atoms with Crippen molar-refractivity contribution < 1.29 is 4.42 Å². The van der Waals surface area contributed by atoms with Gasteiger partial charge in [0, 0.05) is 9.75 Å². The first-order chi connectivity index (χ1) is 10.1. The molecule has 5 heteroatoms. The van der Waals surface area contributed by atoms with Gasteiger partial charge < -0.3 is 4.42 Å². The summed E-state index contributed by atoms with van der Waals surface area (Å²) in [7, 11) is 0. The molecule has 0 aliphatic rings. The molecule has 21 heavy (non-hydrogen) atoms. The predicted molar refractivity (Wildman–Crippen MR) is 90.5 cm³/mol. The van der Waals surface area contributed by atoms with E-state index in [1.807, 2.05) is 25.1 Å². The highest BCUT2D eigenvalue weighted by Gasteiger charge is 2.21. The number of aryl methyl sites for hydroxylation is 1. The number of nitrogens with one attached hydrogen (secondary N) is 1. The topological polar surface area (TPSA) is 25.2 Å². The van der Waals surface area contributed by atoms with Crippen LogP contribution in [0.15, 0.2) is 46.2 Å². The van der Waals surface area contributed by atoms with Gasteiger partial charge in [-0.3, -0.25) is 5.32 Å². The van der Waals surface area contributed by atoms with Crippen LogP contribution in [0.2, 0.25) is 4.34 Å². The van der Waals surface area contributed by atoms with Crippen LogP contribution in [0.4, 0.5) is 0 Å². The lowest BCUT2D eigenvalue weighted by Crippen LogP contribution is -2.24. The summed E-state index contributed by atoms with van der Waals surface area (Å²) in [5.41, 5.74) is 0. The van der Waals surface area contributed by atoms with Crippen LogP contribution in [0.1, 0.15) is 40.3 Å². The van der Waals surface area contributed by atoms with Crippen LogP contribution in [0.3, 0.4) is 0 Å². The van der Waals surface area contributed by atoms with E-state index >= 15 is 0 Å². The van der Waals surface area contributed by atoms with Crippen molar-refractivity contribution in [2.45, 2.75) is 25.9 Å². The van der Waals surface area contributed by atoms with Gasteiger partial charge in [0.1, 0.15) is 11.5 Å².